The number of benzene rings is 1. The number of carbonyl (C=O) groups excluding carboxylic acids is 1. The van der Waals surface area contributed by atoms with Crippen LogP contribution in [0, 0.1) is 0 Å². The van der Waals surface area contributed by atoms with Gasteiger partial charge in [-0.05, 0) is 23.8 Å². The van der Waals surface area contributed by atoms with Crippen LogP contribution in [-0.2, 0) is 25.9 Å². The molecule has 0 saturated carbocycles. The van der Waals surface area contributed by atoms with Crippen LogP contribution in [0.15, 0.2) is 36.7 Å². The molecule has 0 saturated heterocycles. The fourth-order valence-corrected chi connectivity index (χ4v) is 2.66. The molecule has 0 aliphatic heterocycles. The standard InChI is InChI=1S/C17H12F6N4O/c1-27-12-3-2-9(4-10(12)5-13(27)16(18,19)20)6-24-14(28)11-7-25-15(26-8-11)17(21,22)23/h2-5,7-8H,6H2,1H3,(H,24,28). The summed E-state index contributed by atoms with van der Waals surface area (Å²) in [6.45, 7) is -0.0357. The quantitative estimate of drug-likeness (QED) is 0.676. The van der Waals surface area contributed by atoms with E-state index in [9.17, 15) is 31.1 Å². The minimum atomic E-state index is -4.71. The average Bonchev–Trinajstić information content (AvgIpc) is 2.95. The second kappa shape index (κ2) is 6.80. The molecule has 0 radical (unpaired) electrons. The van der Waals surface area contributed by atoms with E-state index in [-0.39, 0.29) is 12.1 Å². The second-order valence-corrected chi connectivity index (χ2v) is 5.96. The predicted molar refractivity (Wildman–Crippen MR) is 86.1 cm³/mol. The third kappa shape index (κ3) is 3.92. The minimum Gasteiger partial charge on any atom is -0.348 e. The molecular weight excluding hydrogens is 390 g/mol. The van der Waals surface area contributed by atoms with Crippen LogP contribution in [0.4, 0.5) is 26.3 Å². The summed E-state index contributed by atoms with van der Waals surface area (Å²) >= 11 is 0. The number of rotatable bonds is 3. The molecule has 0 aliphatic carbocycles. The van der Waals surface area contributed by atoms with Gasteiger partial charge in [0.15, 0.2) is 0 Å². The number of carbonyl (C=O) groups is 1. The van der Waals surface area contributed by atoms with E-state index < -0.39 is 29.8 Å². The van der Waals surface area contributed by atoms with Crippen LogP contribution >= 0.6 is 0 Å². The third-order valence-corrected chi connectivity index (χ3v) is 4.02. The Bertz CT molecular complexity index is 1020. The number of hydrogen-bond donors (Lipinski definition) is 1. The summed E-state index contributed by atoms with van der Waals surface area (Å²) in [5.41, 5.74) is -0.0784. The van der Waals surface area contributed by atoms with E-state index in [2.05, 4.69) is 15.3 Å². The first kappa shape index (κ1) is 19.6. The maximum absolute atomic E-state index is 13.0. The van der Waals surface area contributed by atoms with Crippen molar-refractivity contribution in [3.8, 4) is 0 Å². The van der Waals surface area contributed by atoms with Gasteiger partial charge in [0.1, 0.15) is 5.69 Å². The van der Waals surface area contributed by atoms with Crippen molar-refractivity contribution in [2.24, 2.45) is 7.05 Å². The lowest BCUT2D eigenvalue weighted by Crippen LogP contribution is -2.23. The van der Waals surface area contributed by atoms with Gasteiger partial charge in [-0.15, -0.1) is 0 Å². The smallest absolute Gasteiger partial charge is 0.348 e. The van der Waals surface area contributed by atoms with Crippen molar-refractivity contribution < 1.29 is 31.1 Å². The van der Waals surface area contributed by atoms with Crippen molar-refractivity contribution in [2.75, 3.05) is 0 Å². The Labute approximate surface area is 154 Å². The fraction of sp³-hybridized carbons (Fsp3) is 0.235. The zero-order chi connectivity index (χ0) is 20.7. The van der Waals surface area contributed by atoms with Gasteiger partial charge in [0.25, 0.3) is 5.91 Å². The van der Waals surface area contributed by atoms with E-state index in [1.165, 1.54) is 19.2 Å². The lowest BCUT2D eigenvalue weighted by atomic mass is 10.1. The first-order valence-corrected chi connectivity index (χ1v) is 7.80. The molecule has 11 heteroatoms. The summed E-state index contributed by atoms with van der Waals surface area (Å²) in [5.74, 6) is -2.07. The Kier molecular flexibility index (Phi) is 4.77. The van der Waals surface area contributed by atoms with Crippen molar-refractivity contribution >= 4 is 16.8 Å². The molecule has 5 nitrogen and oxygen atoms in total. The van der Waals surface area contributed by atoms with Crippen molar-refractivity contribution in [1.82, 2.24) is 19.9 Å². The van der Waals surface area contributed by atoms with Gasteiger partial charge in [-0.3, -0.25) is 4.79 Å². The normalized spacial score (nSPS) is 12.4. The fourth-order valence-electron chi connectivity index (χ4n) is 2.66. The molecule has 0 fully saturated rings. The minimum absolute atomic E-state index is 0.0357. The number of alkyl halides is 6. The first-order valence-electron chi connectivity index (χ1n) is 7.80. The number of aromatic nitrogens is 3. The van der Waals surface area contributed by atoms with Crippen LogP contribution in [0.5, 0.6) is 0 Å². The summed E-state index contributed by atoms with van der Waals surface area (Å²) < 4.78 is 77.2. The Morgan fingerprint density at radius 1 is 1.04 bits per heavy atom. The molecule has 0 unspecified atom stereocenters. The zero-order valence-corrected chi connectivity index (χ0v) is 14.2. The van der Waals surface area contributed by atoms with Crippen molar-refractivity contribution in [3.63, 3.8) is 0 Å². The molecule has 148 valence electrons. The Hall–Kier alpha value is -3.11. The van der Waals surface area contributed by atoms with Crippen molar-refractivity contribution in [2.45, 2.75) is 18.9 Å². The van der Waals surface area contributed by atoms with Gasteiger partial charge in [0, 0.05) is 36.9 Å². The molecular formula is C17H12F6N4O. The monoisotopic (exact) mass is 402 g/mol. The predicted octanol–water partition coefficient (Wildman–Crippen LogP) is 3.94. The summed E-state index contributed by atoms with van der Waals surface area (Å²) in [6, 6.07) is 5.54. The van der Waals surface area contributed by atoms with Gasteiger partial charge in [0.2, 0.25) is 5.82 Å². The van der Waals surface area contributed by atoms with Gasteiger partial charge in [-0.25, -0.2) is 9.97 Å². The van der Waals surface area contributed by atoms with Crippen LogP contribution < -0.4 is 5.32 Å². The van der Waals surface area contributed by atoms with Crippen molar-refractivity contribution in [1.29, 1.82) is 0 Å². The molecule has 2 heterocycles. The van der Waals surface area contributed by atoms with Gasteiger partial charge < -0.3 is 9.88 Å². The molecule has 2 aromatic heterocycles. The Balaban J connectivity index is 1.73. The number of fused-ring (bicyclic) bond motifs is 1. The lowest BCUT2D eigenvalue weighted by Gasteiger charge is -2.08. The first-order chi connectivity index (χ1) is 13.0. The number of halogens is 6. The van der Waals surface area contributed by atoms with E-state index in [4.69, 9.17) is 0 Å². The Morgan fingerprint density at radius 2 is 1.68 bits per heavy atom. The largest absolute Gasteiger partial charge is 0.451 e. The van der Waals surface area contributed by atoms with E-state index in [1.54, 1.807) is 6.07 Å². The van der Waals surface area contributed by atoms with Crippen molar-refractivity contribution in [3.05, 3.63) is 59.3 Å². The molecule has 0 spiro atoms. The van der Waals surface area contributed by atoms with Crippen LogP contribution in [-0.4, -0.2) is 20.4 Å². The Morgan fingerprint density at radius 3 is 2.25 bits per heavy atom. The summed E-state index contributed by atoms with van der Waals surface area (Å²) in [4.78, 5) is 18.2. The molecule has 0 bridgehead atoms. The average molecular weight is 402 g/mol. The third-order valence-electron chi connectivity index (χ3n) is 4.02. The molecule has 1 N–H and O–H groups in total. The highest BCUT2D eigenvalue weighted by atomic mass is 19.4. The lowest BCUT2D eigenvalue weighted by molar-refractivity contribution is -0.145. The molecule has 0 aliphatic rings. The van der Waals surface area contributed by atoms with Crippen LogP contribution in [0.2, 0.25) is 0 Å². The highest BCUT2D eigenvalue weighted by Gasteiger charge is 2.35. The van der Waals surface area contributed by atoms with E-state index in [1.807, 2.05) is 0 Å². The molecule has 1 amide bonds. The molecule has 1 aromatic carbocycles. The number of nitrogens with one attached hydrogen (secondary N) is 1. The number of hydrogen-bond acceptors (Lipinski definition) is 3. The molecule has 3 rings (SSSR count). The number of nitrogens with zero attached hydrogens (tertiary/aromatic N) is 3. The summed E-state index contributed by atoms with van der Waals surface area (Å²) in [6.07, 6.45) is -7.71. The van der Waals surface area contributed by atoms with E-state index >= 15 is 0 Å². The zero-order valence-electron chi connectivity index (χ0n) is 14.2. The van der Waals surface area contributed by atoms with Crippen LogP contribution in [0.3, 0.4) is 0 Å². The molecule has 3 aromatic rings. The summed E-state index contributed by atoms with van der Waals surface area (Å²) in [5, 5.41) is 2.81. The highest BCUT2D eigenvalue weighted by molar-refractivity contribution is 5.93. The number of aryl methyl sites for hydroxylation is 1. The number of amides is 1. The molecule has 0 atom stereocenters. The van der Waals surface area contributed by atoms with E-state index in [0.717, 1.165) is 23.0 Å². The van der Waals surface area contributed by atoms with E-state index in [0.29, 0.717) is 16.5 Å². The van der Waals surface area contributed by atoms with Gasteiger partial charge in [0.05, 0.1) is 5.56 Å². The van der Waals surface area contributed by atoms with Crippen LogP contribution in [0.1, 0.15) is 27.4 Å². The maximum Gasteiger partial charge on any atom is 0.451 e. The molecule has 28 heavy (non-hydrogen) atoms. The highest BCUT2D eigenvalue weighted by Crippen LogP contribution is 2.33. The van der Waals surface area contributed by atoms with Gasteiger partial charge in [-0.1, -0.05) is 6.07 Å². The topological polar surface area (TPSA) is 59.8 Å². The second-order valence-electron chi connectivity index (χ2n) is 5.96. The van der Waals surface area contributed by atoms with Gasteiger partial charge >= 0.3 is 12.4 Å². The maximum atomic E-state index is 13.0. The SMILES string of the molecule is Cn1c(C(F)(F)F)cc2cc(CNC(=O)c3cnc(C(F)(F)F)nc3)ccc21. The van der Waals surface area contributed by atoms with Crippen LogP contribution in [0.25, 0.3) is 10.9 Å². The van der Waals surface area contributed by atoms with Gasteiger partial charge in [-0.2, -0.15) is 26.3 Å². The summed E-state index contributed by atoms with van der Waals surface area (Å²) in [7, 11) is 1.30.